The van der Waals surface area contributed by atoms with Crippen LogP contribution in [0.1, 0.15) is 219 Å². The van der Waals surface area contributed by atoms with E-state index in [4.69, 9.17) is 54.2 Å². The highest BCUT2D eigenvalue weighted by Gasteiger charge is 2.28. The zero-order valence-electron chi connectivity index (χ0n) is 73.4. The van der Waals surface area contributed by atoms with E-state index in [1.807, 2.05) is 114 Å². The topological polar surface area (TPSA) is 361 Å². The summed E-state index contributed by atoms with van der Waals surface area (Å²) in [7, 11) is 0. The predicted molar refractivity (Wildman–Crippen MR) is 453 cm³/mol. The van der Waals surface area contributed by atoms with Gasteiger partial charge in [-0.05, 0) is 201 Å². The van der Waals surface area contributed by atoms with Crippen LogP contribution in [0.3, 0.4) is 0 Å². The largest absolute Gasteiger partial charge is 0.480 e. The Hall–Kier alpha value is -4.75. The minimum atomic E-state index is -0.927. The first-order valence-electron chi connectivity index (χ1n) is 42.2. The fourth-order valence-electron chi connectivity index (χ4n) is 12.5. The quantitative estimate of drug-likeness (QED) is 0.00818. The van der Waals surface area contributed by atoms with E-state index < -0.39 is 47.3 Å². The minimum absolute atomic E-state index is 0.0320. The van der Waals surface area contributed by atoms with Gasteiger partial charge in [0, 0.05) is 162 Å². The van der Waals surface area contributed by atoms with Gasteiger partial charge in [-0.3, -0.25) is 58.2 Å². The molecule has 0 spiro atoms. The summed E-state index contributed by atoms with van der Waals surface area (Å²) in [5.74, 6) is 8.86. The van der Waals surface area contributed by atoms with E-state index in [-0.39, 0.29) is 86.6 Å². The third kappa shape index (κ3) is 67.7. The van der Waals surface area contributed by atoms with Crippen LogP contribution in [0.25, 0.3) is 0 Å². The van der Waals surface area contributed by atoms with Crippen molar-refractivity contribution in [3.8, 4) is 23.7 Å². The number of halogens is 1. The predicted octanol–water partition coefficient (Wildman–Crippen LogP) is 6.82. The summed E-state index contributed by atoms with van der Waals surface area (Å²) in [5.41, 5.74) is 3.60. The van der Waals surface area contributed by atoms with Crippen LogP contribution in [-0.4, -0.2) is 361 Å². The van der Waals surface area contributed by atoms with E-state index in [0.717, 1.165) is 213 Å². The number of carboxylic acid groups (broad SMARTS) is 3. The number of carbonyl (C=O) groups excluding carboxylic acids is 4. The van der Waals surface area contributed by atoms with Gasteiger partial charge in [0.25, 0.3) is 0 Å². The Labute approximate surface area is 699 Å². The lowest BCUT2D eigenvalue weighted by molar-refractivity contribution is -0.174. The van der Waals surface area contributed by atoms with E-state index in [1.54, 1.807) is 0 Å². The number of unbranched alkanes of at least 4 members (excludes halogenated alkanes) is 4. The molecule has 0 radical (unpaired) electrons. The fourth-order valence-corrected chi connectivity index (χ4v) is 12.8. The van der Waals surface area contributed by atoms with Crippen LogP contribution in [-0.2, 0) is 66.7 Å². The number of aliphatic hydroxyl groups is 2. The molecule has 31 heteroatoms. The number of carbonyl (C=O) groups is 7. The van der Waals surface area contributed by atoms with Crippen LogP contribution < -0.4 is 16.4 Å². The lowest BCUT2D eigenvalue weighted by Crippen LogP contribution is -2.43. The van der Waals surface area contributed by atoms with Gasteiger partial charge in [-0.25, -0.2) is 4.79 Å². The summed E-state index contributed by atoms with van der Waals surface area (Å²) in [6.45, 7) is 46.5. The smallest absolute Gasteiger partial charge is 0.329 e. The van der Waals surface area contributed by atoms with Crippen molar-refractivity contribution < 1.29 is 92.3 Å². The molecular formula is C84H156BrN11O19. The number of alkyl halides is 1. The number of aliphatic hydroxyl groups excluding tert-OH is 2. The Bertz CT molecular complexity index is 2770. The molecule has 1 amide bonds. The number of β-amino-alcohol motifs (C(OH)–C–C–N with tert-alkyl or cyclic N) is 2. The van der Waals surface area contributed by atoms with Gasteiger partial charge in [0.15, 0.2) is 12.6 Å². The van der Waals surface area contributed by atoms with Gasteiger partial charge < -0.3 is 84.9 Å². The molecule has 2 aliphatic carbocycles. The molecule has 3 aliphatic heterocycles. The van der Waals surface area contributed by atoms with Crippen molar-refractivity contribution in [2.75, 3.05) is 202 Å². The molecule has 0 aromatic heterocycles. The first-order chi connectivity index (χ1) is 54.0. The molecule has 0 aromatic carbocycles. The summed E-state index contributed by atoms with van der Waals surface area (Å²) < 4.78 is 38.2. The molecule has 0 aromatic rings. The molecular weight excluding hydrogens is 1550 g/mol. The Morgan fingerprint density at radius 1 is 0.435 bits per heavy atom. The lowest BCUT2D eigenvalue weighted by atomic mass is 10.1. The SMILES string of the molecule is CC(C)(C)OC(=O)CCCCCBr.CC(C)(C)OC(=O)CN1CCN(CCCCN)CCN(CC(O)OC(C)(C)C)CC1.CC(C)(C)OC(=O)CN1CCNCCN(CC(O)OC(C)(C)C)CC1.O=C(O)CN1CCN(CCCCNC(=O)COC2C#CCCCCC2)CCN(CC(=O)O)CC1.O=C(O)COC1C#CCCCCC1. The highest BCUT2D eigenvalue weighted by Crippen LogP contribution is 2.18. The third-order valence-corrected chi connectivity index (χ3v) is 18.4. The van der Waals surface area contributed by atoms with Gasteiger partial charge in [-0.15, -0.1) is 11.8 Å². The van der Waals surface area contributed by atoms with Crippen LogP contribution in [0.2, 0.25) is 0 Å². The Morgan fingerprint density at radius 3 is 1.21 bits per heavy atom. The maximum Gasteiger partial charge on any atom is 0.329 e. The summed E-state index contributed by atoms with van der Waals surface area (Å²) in [5, 5.41) is 54.5. The molecule has 9 N–H and O–H groups in total. The van der Waals surface area contributed by atoms with Crippen LogP contribution >= 0.6 is 15.9 Å². The molecule has 4 atom stereocenters. The standard InChI is InChI=1S/C24H40N4O6.C22H46N4O4.C18H37N3O4.C10H19BrO2.C10H14O3/c29-22(20-34-21-8-4-2-1-3-5-9-21)25-10-6-7-11-26-12-14-27(18-23(30)31)16-17-28(15-13-26)19-24(32)33;1-21(2,3)29-19(27)17-25-13-11-24(10-8-7-9-23)12-14-26(16-15-25)18-20(28)30-22(4,5)6;1-17(2,3)24-15(22)13-20-9-7-19-8-10-21(12-11-20)14-16(23)25-18(4,5)6;1-10(2,3)13-9(12)7-5-4-6-8-11;11-10(12)8-13-9-6-4-2-1-3-5-7-9/h21H,1-4,6-8,10-20H2,(H,25,29)(H,30,31)(H,32,33);19,27H,7-18,23H2,1-6H3;15,19,22H,7-14H2,1-6H3;4-8H2,1-3H3;9H,1-4,6,8H2,(H,11,12). The van der Waals surface area contributed by atoms with Crippen molar-refractivity contribution >= 4 is 57.7 Å². The molecule has 0 saturated carbocycles. The van der Waals surface area contributed by atoms with Gasteiger partial charge in [-0.2, -0.15) is 0 Å². The minimum Gasteiger partial charge on any atom is -0.480 e. The van der Waals surface area contributed by atoms with E-state index in [0.29, 0.717) is 58.8 Å². The summed E-state index contributed by atoms with van der Waals surface area (Å²) in [6, 6.07) is 0. The van der Waals surface area contributed by atoms with Gasteiger partial charge in [0.05, 0.1) is 37.4 Å². The van der Waals surface area contributed by atoms with Crippen molar-refractivity contribution in [3.05, 3.63) is 0 Å². The summed E-state index contributed by atoms with van der Waals surface area (Å²) in [6.07, 6.45) is 15.8. The van der Waals surface area contributed by atoms with Crippen molar-refractivity contribution in [2.45, 2.75) is 272 Å². The van der Waals surface area contributed by atoms with E-state index >= 15 is 0 Å². The second kappa shape index (κ2) is 61.5. The molecule has 0 bridgehead atoms. The molecule has 115 heavy (non-hydrogen) atoms. The zero-order chi connectivity index (χ0) is 86.3. The fraction of sp³-hybridized carbons (Fsp3) is 0.869. The van der Waals surface area contributed by atoms with Crippen LogP contribution in [0.5, 0.6) is 0 Å². The average Bonchev–Trinajstić information content (AvgIpc) is 1.76. The molecule has 3 saturated heterocycles. The van der Waals surface area contributed by atoms with Gasteiger partial charge in [0.1, 0.15) is 42.2 Å². The van der Waals surface area contributed by atoms with Gasteiger partial charge in [-0.1, -0.05) is 47.0 Å². The van der Waals surface area contributed by atoms with Gasteiger partial charge in [0.2, 0.25) is 5.91 Å². The Morgan fingerprint density at radius 2 is 0.809 bits per heavy atom. The normalized spacial score (nSPS) is 19.6. The molecule has 3 fully saturated rings. The number of aliphatic carboxylic acids is 3. The molecule has 3 heterocycles. The van der Waals surface area contributed by atoms with E-state index in [9.17, 15) is 43.8 Å². The monoisotopic (exact) mass is 1700 g/mol. The number of rotatable bonds is 34. The number of hydrogen-bond acceptors (Lipinski definition) is 26. The first kappa shape index (κ1) is 108. The molecule has 4 unspecified atom stereocenters. The van der Waals surface area contributed by atoms with Crippen molar-refractivity contribution in [1.29, 1.82) is 0 Å². The third-order valence-electron chi connectivity index (χ3n) is 17.9. The summed E-state index contributed by atoms with van der Waals surface area (Å²) in [4.78, 5) is 97.2. The number of hydrogen-bond donors (Lipinski definition) is 8. The number of carboxylic acids is 3. The van der Waals surface area contributed by atoms with Crippen molar-refractivity contribution in [3.63, 3.8) is 0 Å². The second-order valence-electron chi connectivity index (χ2n) is 34.9. The number of ether oxygens (including phenoxy) is 7. The van der Waals surface area contributed by atoms with Crippen LogP contribution in [0.15, 0.2) is 0 Å². The molecule has 5 rings (SSSR count). The highest BCUT2D eigenvalue weighted by molar-refractivity contribution is 9.09. The summed E-state index contributed by atoms with van der Waals surface area (Å²) >= 11 is 3.35. The van der Waals surface area contributed by atoms with Gasteiger partial charge >= 0.3 is 35.8 Å². The number of esters is 3. The molecule has 5 aliphatic rings. The first-order valence-corrected chi connectivity index (χ1v) is 43.4. The second-order valence-corrected chi connectivity index (χ2v) is 35.7. The molecule has 668 valence electrons. The number of amides is 1. The van der Waals surface area contributed by atoms with Crippen molar-refractivity contribution in [1.82, 2.24) is 49.8 Å². The number of nitrogens with zero attached hydrogens (tertiary/aromatic N) is 8. The Balaban J connectivity index is 0.000000752. The van der Waals surface area contributed by atoms with E-state index in [1.165, 1.54) is 6.42 Å². The maximum absolute atomic E-state index is 12.4. The maximum atomic E-state index is 12.4. The number of nitrogens with two attached hydrogens (primary N) is 1. The average molecular weight is 1700 g/mol. The lowest BCUT2D eigenvalue weighted by Gasteiger charge is -2.30. The molecule has 30 nitrogen and oxygen atoms in total. The Kier molecular flexibility index (Phi) is 57.9. The zero-order valence-corrected chi connectivity index (χ0v) is 75.0. The van der Waals surface area contributed by atoms with Crippen LogP contribution in [0, 0.1) is 23.7 Å². The highest BCUT2D eigenvalue weighted by atomic mass is 79.9. The van der Waals surface area contributed by atoms with E-state index in [2.05, 4.69) is 79.6 Å². The van der Waals surface area contributed by atoms with Crippen molar-refractivity contribution in [2.24, 2.45) is 5.73 Å². The number of nitrogens with one attached hydrogen (secondary N) is 2. The van der Waals surface area contributed by atoms with Crippen LogP contribution in [0.4, 0.5) is 0 Å².